The number of aromatic nitrogens is 4. The Balaban J connectivity index is 1.78. The van der Waals surface area contributed by atoms with Crippen molar-refractivity contribution < 1.29 is 0 Å². The van der Waals surface area contributed by atoms with E-state index in [1.807, 2.05) is 37.4 Å². The molecule has 3 rings (SSSR count). The highest BCUT2D eigenvalue weighted by Gasteiger charge is 2.10. The molecule has 1 N–H and O–H groups in total. The largest absolute Gasteiger partial charge is 0.367 e. The minimum absolute atomic E-state index is 0.217. The maximum absolute atomic E-state index is 4.63. The lowest BCUT2D eigenvalue weighted by atomic mass is 10.1. The molecule has 3 aromatic rings. The third-order valence-corrected chi connectivity index (χ3v) is 3.79. The van der Waals surface area contributed by atoms with Gasteiger partial charge in [-0.05, 0) is 44.5 Å². The lowest BCUT2D eigenvalue weighted by Gasteiger charge is -2.16. The van der Waals surface area contributed by atoms with Crippen molar-refractivity contribution in [3.63, 3.8) is 0 Å². The van der Waals surface area contributed by atoms with E-state index >= 15 is 0 Å². The van der Waals surface area contributed by atoms with Gasteiger partial charge in [0.25, 0.3) is 0 Å². The van der Waals surface area contributed by atoms with Crippen LogP contribution < -0.4 is 5.32 Å². The summed E-state index contributed by atoms with van der Waals surface area (Å²) in [7, 11) is 0. The first-order chi connectivity index (χ1) is 11.6. The Morgan fingerprint density at radius 2 is 1.92 bits per heavy atom. The summed E-state index contributed by atoms with van der Waals surface area (Å²) in [5, 5.41) is 3.46. The third kappa shape index (κ3) is 3.93. The van der Waals surface area contributed by atoms with Gasteiger partial charge in [-0.2, -0.15) is 0 Å². The number of nitrogens with zero attached hydrogens (tertiary/aromatic N) is 4. The van der Waals surface area contributed by atoms with E-state index in [9.17, 15) is 0 Å². The van der Waals surface area contributed by atoms with Crippen LogP contribution in [0, 0.1) is 13.8 Å². The van der Waals surface area contributed by atoms with Crippen molar-refractivity contribution >= 4 is 5.82 Å². The van der Waals surface area contributed by atoms with Gasteiger partial charge in [-0.1, -0.05) is 6.07 Å². The summed E-state index contributed by atoms with van der Waals surface area (Å²) in [6, 6.07) is 10.1. The fourth-order valence-corrected chi connectivity index (χ4v) is 2.59. The molecule has 1 unspecified atom stereocenters. The number of nitrogens with one attached hydrogen (secondary N) is 1. The monoisotopic (exact) mass is 319 g/mol. The molecular formula is C19H21N5. The van der Waals surface area contributed by atoms with Gasteiger partial charge >= 0.3 is 0 Å². The van der Waals surface area contributed by atoms with E-state index in [-0.39, 0.29) is 6.04 Å². The van der Waals surface area contributed by atoms with E-state index in [2.05, 4.69) is 45.2 Å². The molecule has 122 valence electrons. The second kappa shape index (κ2) is 7.17. The van der Waals surface area contributed by atoms with Crippen LogP contribution in [0.1, 0.15) is 23.9 Å². The minimum atomic E-state index is 0.217. The van der Waals surface area contributed by atoms with Crippen LogP contribution in [0.2, 0.25) is 0 Å². The number of anilines is 1. The van der Waals surface area contributed by atoms with Crippen molar-refractivity contribution in [2.45, 2.75) is 33.2 Å². The fourth-order valence-electron chi connectivity index (χ4n) is 2.59. The number of aryl methyl sites for hydroxylation is 2. The van der Waals surface area contributed by atoms with Gasteiger partial charge in [0.1, 0.15) is 5.82 Å². The van der Waals surface area contributed by atoms with E-state index in [0.717, 1.165) is 29.2 Å². The Morgan fingerprint density at radius 3 is 2.67 bits per heavy atom. The summed E-state index contributed by atoms with van der Waals surface area (Å²) in [4.78, 5) is 17.7. The number of pyridine rings is 2. The van der Waals surface area contributed by atoms with Crippen LogP contribution in [0.25, 0.3) is 11.4 Å². The van der Waals surface area contributed by atoms with Crippen molar-refractivity contribution in [1.29, 1.82) is 0 Å². The summed E-state index contributed by atoms with van der Waals surface area (Å²) in [6.07, 6.45) is 6.21. The maximum Gasteiger partial charge on any atom is 0.163 e. The average molecular weight is 319 g/mol. The van der Waals surface area contributed by atoms with Gasteiger partial charge in [0.05, 0.1) is 0 Å². The average Bonchev–Trinajstić information content (AvgIpc) is 2.57. The smallest absolute Gasteiger partial charge is 0.163 e. The molecule has 0 amide bonds. The van der Waals surface area contributed by atoms with Crippen LogP contribution in [0.5, 0.6) is 0 Å². The molecule has 5 nitrogen and oxygen atoms in total. The quantitative estimate of drug-likeness (QED) is 0.778. The Labute approximate surface area is 142 Å². The van der Waals surface area contributed by atoms with Crippen molar-refractivity contribution in [2.75, 3.05) is 5.32 Å². The highest BCUT2D eigenvalue weighted by molar-refractivity contribution is 5.56. The fraction of sp³-hybridized carbons (Fsp3) is 0.263. The molecule has 3 aromatic heterocycles. The van der Waals surface area contributed by atoms with Gasteiger partial charge in [-0.15, -0.1) is 0 Å². The van der Waals surface area contributed by atoms with Crippen LogP contribution in [0.15, 0.2) is 48.9 Å². The molecular weight excluding hydrogens is 298 g/mol. The topological polar surface area (TPSA) is 63.6 Å². The van der Waals surface area contributed by atoms with E-state index in [4.69, 9.17) is 0 Å². The first-order valence-corrected chi connectivity index (χ1v) is 8.05. The summed E-state index contributed by atoms with van der Waals surface area (Å²) in [6.45, 7) is 6.19. The first-order valence-electron chi connectivity index (χ1n) is 8.05. The maximum atomic E-state index is 4.63. The van der Waals surface area contributed by atoms with Crippen molar-refractivity contribution in [2.24, 2.45) is 0 Å². The van der Waals surface area contributed by atoms with Crippen molar-refractivity contribution in [3.8, 4) is 11.4 Å². The lowest BCUT2D eigenvalue weighted by Crippen LogP contribution is -2.20. The third-order valence-electron chi connectivity index (χ3n) is 3.79. The minimum Gasteiger partial charge on any atom is -0.367 e. The molecule has 0 aromatic carbocycles. The summed E-state index contributed by atoms with van der Waals surface area (Å²) in [5.41, 5.74) is 4.15. The predicted octanol–water partition coefficient (Wildman–Crippen LogP) is 3.59. The molecule has 3 heterocycles. The molecule has 0 bridgehead atoms. The van der Waals surface area contributed by atoms with Crippen LogP contribution in [-0.2, 0) is 6.42 Å². The van der Waals surface area contributed by atoms with Crippen LogP contribution in [0.4, 0.5) is 5.82 Å². The zero-order valence-corrected chi connectivity index (χ0v) is 14.2. The molecule has 0 aliphatic rings. The van der Waals surface area contributed by atoms with Crippen LogP contribution in [0.3, 0.4) is 0 Å². The zero-order chi connectivity index (χ0) is 16.9. The first kappa shape index (κ1) is 16.1. The molecule has 0 saturated heterocycles. The Morgan fingerprint density at radius 1 is 1.08 bits per heavy atom. The highest BCUT2D eigenvalue weighted by atomic mass is 15.0. The second-order valence-electron chi connectivity index (χ2n) is 5.98. The van der Waals surface area contributed by atoms with Gasteiger partial charge in [0.2, 0.25) is 0 Å². The zero-order valence-electron chi connectivity index (χ0n) is 14.2. The number of rotatable bonds is 5. The predicted molar refractivity (Wildman–Crippen MR) is 95.8 cm³/mol. The number of hydrogen-bond acceptors (Lipinski definition) is 5. The number of hydrogen-bond donors (Lipinski definition) is 1. The molecule has 0 radical (unpaired) electrons. The van der Waals surface area contributed by atoms with Gasteiger partial charge < -0.3 is 5.32 Å². The molecule has 0 aliphatic heterocycles. The molecule has 5 heteroatoms. The molecule has 0 aliphatic carbocycles. The molecule has 0 spiro atoms. The van der Waals surface area contributed by atoms with Gasteiger partial charge in [0.15, 0.2) is 5.82 Å². The van der Waals surface area contributed by atoms with Gasteiger partial charge in [-0.25, -0.2) is 9.97 Å². The van der Waals surface area contributed by atoms with Crippen molar-refractivity contribution in [1.82, 2.24) is 19.9 Å². The highest BCUT2D eigenvalue weighted by Crippen LogP contribution is 2.18. The van der Waals surface area contributed by atoms with Crippen LogP contribution >= 0.6 is 0 Å². The molecule has 0 saturated carbocycles. The SMILES string of the molecule is Cc1cc(NC(C)Cc2ncccc2C)nc(-c2cccnc2)n1. The lowest BCUT2D eigenvalue weighted by molar-refractivity contribution is 0.759. The van der Waals surface area contributed by atoms with Gasteiger partial charge in [0, 0.05) is 54.1 Å². The van der Waals surface area contributed by atoms with Crippen molar-refractivity contribution in [3.05, 3.63) is 65.9 Å². The van der Waals surface area contributed by atoms with E-state index < -0.39 is 0 Å². The van der Waals surface area contributed by atoms with Gasteiger partial charge in [-0.3, -0.25) is 9.97 Å². The summed E-state index contributed by atoms with van der Waals surface area (Å²) in [5.74, 6) is 1.51. The molecule has 24 heavy (non-hydrogen) atoms. The Kier molecular flexibility index (Phi) is 4.79. The summed E-state index contributed by atoms with van der Waals surface area (Å²) >= 11 is 0. The van der Waals surface area contributed by atoms with Crippen LogP contribution in [-0.4, -0.2) is 26.0 Å². The normalized spacial score (nSPS) is 12.0. The Bertz CT molecular complexity index is 817. The standard InChI is InChI=1S/C19H21N5/c1-13-6-4-9-21-17(13)10-14(2)22-18-11-15(3)23-19(24-18)16-7-5-8-20-12-16/h4-9,11-12,14H,10H2,1-3H3,(H,22,23,24). The van der Waals surface area contributed by atoms with E-state index in [1.165, 1.54) is 5.56 Å². The molecule has 0 fully saturated rings. The Hall–Kier alpha value is -2.82. The molecule has 1 atom stereocenters. The van der Waals surface area contributed by atoms with E-state index in [0.29, 0.717) is 5.82 Å². The van der Waals surface area contributed by atoms with E-state index in [1.54, 1.807) is 12.4 Å². The second-order valence-corrected chi connectivity index (χ2v) is 5.98. The summed E-state index contributed by atoms with van der Waals surface area (Å²) < 4.78 is 0.